The van der Waals surface area contributed by atoms with Gasteiger partial charge in [0.25, 0.3) is 0 Å². The van der Waals surface area contributed by atoms with E-state index in [-0.39, 0.29) is 5.91 Å². The van der Waals surface area contributed by atoms with E-state index in [1.165, 1.54) is 25.7 Å². The van der Waals surface area contributed by atoms with Gasteiger partial charge < -0.3 is 5.32 Å². The summed E-state index contributed by atoms with van der Waals surface area (Å²) in [6, 6.07) is 3.89. The summed E-state index contributed by atoms with van der Waals surface area (Å²) >= 11 is 0. The molecule has 1 aromatic heterocycles. The summed E-state index contributed by atoms with van der Waals surface area (Å²) in [7, 11) is 0. The lowest BCUT2D eigenvalue weighted by atomic mass is 9.86. The third-order valence-corrected chi connectivity index (χ3v) is 4.54. The predicted molar refractivity (Wildman–Crippen MR) is 69.6 cm³/mol. The molecule has 2 aliphatic carbocycles. The Morgan fingerprint density at radius 2 is 2.33 bits per heavy atom. The number of nitrogens with zero attached hydrogens (tertiary/aromatic N) is 1. The second kappa shape index (κ2) is 5.09. The Morgan fingerprint density at radius 3 is 3.00 bits per heavy atom. The molecule has 18 heavy (non-hydrogen) atoms. The molecular weight excluding hydrogens is 224 g/mol. The van der Waals surface area contributed by atoms with Gasteiger partial charge in [0.2, 0.25) is 5.91 Å². The van der Waals surface area contributed by atoms with E-state index in [1.807, 2.05) is 12.1 Å². The summed E-state index contributed by atoms with van der Waals surface area (Å²) in [5.41, 5.74) is 1.07. The Morgan fingerprint density at radius 1 is 1.39 bits per heavy atom. The van der Waals surface area contributed by atoms with Crippen LogP contribution in [0.25, 0.3) is 0 Å². The highest BCUT2D eigenvalue weighted by Gasteiger charge is 2.39. The number of amides is 1. The maximum absolute atomic E-state index is 11.9. The normalized spacial score (nSPS) is 29.4. The number of hydrogen-bond acceptors (Lipinski definition) is 2. The molecule has 2 saturated carbocycles. The van der Waals surface area contributed by atoms with E-state index < -0.39 is 0 Å². The fourth-order valence-corrected chi connectivity index (χ4v) is 3.64. The highest BCUT2D eigenvalue weighted by atomic mass is 16.1. The van der Waals surface area contributed by atoms with E-state index in [1.54, 1.807) is 12.4 Å². The Kier molecular flexibility index (Phi) is 3.31. The number of nitrogens with one attached hydrogen (secondary N) is 1. The van der Waals surface area contributed by atoms with Crippen molar-refractivity contribution in [2.45, 2.75) is 38.6 Å². The molecule has 1 aromatic rings. The molecule has 0 aliphatic heterocycles. The number of pyridine rings is 1. The Hall–Kier alpha value is -1.38. The number of rotatable bonds is 4. The minimum absolute atomic E-state index is 0.205. The first-order valence-corrected chi connectivity index (χ1v) is 6.97. The van der Waals surface area contributed by atoms with Gasteiger partial charge in [-0.15, -0.1) is 0 Å². The number of carbonyl (C=O) groups excluding carboxylic acids is 1. The molecule has 3 heteroatoms. The average Bonchev–Trinajstić information content (AvgIpc) is 3.00. The van der Waals surface area contributed by atoms with Gasteiger partial charge in [0.15, 0.2) is 0 Å². The minimum Gasteiger partial charge on any atom is -0.352 e. The maximum Gasteiger partial charge on any atom is 0.220 e. The van der Waals surface area contributed by atoms with E-state index in [2.05, 4.69) is 10.3 Å². The molecule has 0 spiro atoms. The van der Waals surface area contributed by atoms with Gasteiger partial charge in [0, 0.05) is 25.4 Å². The van der Waals surface area contributed by atoms with Crippen LogP contribution in [0.4, 0.5) is 0 Å². The summed E-state index contributed by atoms with van der Waals surface area (Å²) < 4.78 is 0. The van der Waals surface area contributed by atoms with E-state index in [9.17, 15) is 4.79 Å². The van der Waals surface area contributed by atoms with Crippen molar-refractivity contribution in [3.8, 4) is 0 Å². The van der Waals surface area contributed by atoms with Crippen LogP contribution in [0.2, 0.25) is 0 Å². The van der Waals surface area contributed by atoms with Crippen LogP contribution < -0.4 is 5.32 Å². The van der Waals surface area contributed by atoms with Crippen LogP contribution in [0.5, 0.6) is 0 Å². The maximum atomic E-state index is 11.9. The molecule has 96 valence electrons. The van der Waals surface area contributed by atoms with Gasteiger partial charge in [-0.2, -0.15) is 0 Å². The molecule has 1 amide bonds. The van der Waals surface area contributed by atoms with Crippen molar-refractivity contribution in [2.24, 2.45) is 17.8 Å². The van der Waals surface area contributed by atoms with Gasteiger partial charge in [-0.3, -0.25) is 9.78 Å². The van der Waals surface area contributed by atoms with Gasteiger partial charge in [-0.1, -0.05) is 12.5 Å². The zero-order valence-electron chi connectivity index (χ0n) is 10.6. The standard InChI is InChI=1S/C15H20N2O/c18-15(17-10-12-2-1-5-16-9-12)8-14-7-11-3-4-13(14)6-11/h1-2,5,9,11,13-14H,3-4,6-8,10H2,(H,17,18)/t11-,13-,14-/m0/s1. The Labute approximate surface area is 108 Å². The fourth-order valence-electron chi connectivity index (χ4n) is 3.64. The second-order valence-electron chi connectivity index (χ2n) is 5.78. The van der Waals surface area contributed by atoms with Crippen LogP contribution in [-0.4, -0.2) is 10.9 Å². The lowest BCUT2D eigenvalue weighted by Crippen LogP contribution is -2.26. The van der Waals surface area contributed by atoms with Crippen LogP contribution in [0, 0.1) is 17.8 Å². The first-order chi connectivity index (χ1) is 8.81. The average molecular weight is 244 g/mol. The highest BCUT2D eigenvalue weighted by molar-refractivity contribution is 5.76. The van der Waals surface area contributed by atoms with Crippen LogP contribution in [-0.2, 0) is 11.3 Å². The molecule has 0 saturated heterocycles. The van der Waals surface area contributed by atoms with Crippen molar-refractivity contribution in [1.29, 1.82) is 0 Å². The van der Waals surface area contributed by atoms with E-state index >= 15 is 0 Å². The quantitative estimate of drug-likeness (QED) is 0.884. The van der Waals surface area contributed by atoms with E-state index in [4.69, 9.17) is 0 Å². The molecule has 3 nitrogen and oxygen atoms in total. The largest absolute Gasteiger partial charge is 0.352 e. The predicted octanol–water partition coefficient (Wildman–Crippen LogP) is 2.52. The van der Waals surface area contributed by atoms with Gasteiger partial charge in [-0.25, -0.2) is 0 Å². The SMILES string of the molecule is O=C(C[C@@H]1C[C@H]2CC[C@H]1C2)NCc1cccnc1. The highest BCUT2D eigenvalue weighted by Crippen LogP contribution is 2.49. The molecular formula is C15H20N2O. The van der Waals surface area contributed by atoms with Gasteiger partial charge >= 0.3 is 0 Å². The fraction of sp³-hybridized carbons (Fsp3) is 0.600. The minimum atomic E-state index is 0.205. The van der Waals surface area contributed by atoms with Crippen molar-refractivity contribution in [2.75, 3.05) is 0 Å². The number of fused-ring (bicyclic) bond motifs is 2. The van der Waals surface area contributed by atoms with Crippen LogP contribution in [0.3, 0.4) is 0 Å². The topological polar surface area (TPSA) is 42.0 Å². The number of hydrogen-bond donors (Lipinski definition) is 1. The second-order valence-corrected chi connectivity index (χ2v) is 5.78. The van der Waals surface area contributed by atoms with Crippen molar-refractivity contribution >= 4 is 5.91 Å². The Balaban J connectivity index is 1.45. The van der Waals surface area contributed by atoms with Crippen molar-refractivity contribution in [3.63, 3.8) is 0 Å². The molecule has 0 unspecified atom stereocenters. The van der Waals surface area contributed by atoms with Crippen molar-refractivity contribution < 1.29 is 4.79 Å². The molecule has 3 rings (SSSR count). The summed E-state index contributed by atoms with van der Waals surface area (Å²) in [5.74, 6) is 2.61. The molecule has 2 aliphatic rings. The monoisotopic (exact) mass is 244 g/mol. The summed E-state index contributed by atoms with van der Waals surface area (Å²) in [6.45, 7) is 0.605. The zero-order valence-corrected chi connectivity index (χ0v) is 10.6. The molecule has 3 atom stereocenters. The van der Waals surface area contributed by atoms with Gasteiger partial charge in [0.05, 0.1) is 0 Å². The number of aromatic nitrogens is 1. The van der Waals surface area contributed by atoms with Crippen LogP contribution in [0.1, 0.15) is 37.7 Å². The molecule has 2 fully saturated rings. The first-order valence-electron chi connectivity index (χ1n) is 6.97. The molecule has 0 aromatic carbocycles. The van der Waals surface area contributed by atoms with E-state index in [0.29, 0.717) is 12.5 Å². The Bertz CT molecular complexity index is 418. The molecule has 2 bridgehead atoms. The van der Waals surface area contributed by atoms with Gasteiger partial charge in [0.1, 0.15) is 0 Å². The third kappa shape index (κ3) is 2.55. The first kappa shape index (κ1) is 11.7. The zero-order chi connectivity index (χ0) is 12.4. The molecule has 1 N–H and O–H groups in total. The lowest BCUT2D eigenvalue weighted by molar-refractivity contribution is -0.122. The van der Waals surface area contributed by atoms with Crippen molar-refractivity contribution in [3.05, 3.63) is 30.1 Å². The summed E-state index contributed by atoms with van der Waals surface area (Å²) in [5, 5.41) is 3.01. The van der Waals surface area contributed by atoms with Crippen molar-refractivity contribution in [1.82, 2.24) is 10.3 Å². The number of carbonyl (C=O) groups is 1. The van der Waals surface area contributed by atoms with Crippen LogP contribution >= 0.6 is 0 Å². The molecule has 1 heterocycles. The molecule has 0 radical (unpaired) electrons. The smallest absolute Gasteiger partial charge is 0.220 e. The summed E-state index contributed by atoms with van der Waals surface area (Å²) in [6.07, 6.45) is 9.69. The van der Waals surface area contributed by atoms with E-state index in [0.717, 1.165) is 23.8 Å². The lowest BCUT2D eigenvalue weighted by Gasteiger charge is -2.20. The summed E-state index contributed by atoms with van der Waals surface area (Å²) in [4.78, 5) is 16.0. The van der Waals surface area contributed by atoms with Crippen LogP contribution in [0.15, 0.2) is 24.5 Å². The third-order valence-electron chi connectivity index (χ3n) is 4.54. The van der Waals surface area contributed by atoms with Gasteiger partial charge in [-0.05, 0) is 48.6 Å².